The van der Waals surface area contributed by atoms with Gasteiger partial charge in [-0.25, -0.2) is 8.42 Å². The molecule has 2 amide bonds. The molecule has 0 saturated heterocycles. The van der Waals surface area contributed by atoms with Gasteiger partial charge in [-0.05, 0) is 66.8 Å². The SMILES string of the molecule is CCCCNC(=O)[C@H](Cc1ccccc1)N(Cc1cccc(Cl)c1)C(=O)CN(c1ccccc1CC)S(=O)(=O)c1ccc(C)cc1. The number of halogens is 1. The summed E-state index contributed by atoms with van der Waals surface area (Å²) < 4.78 is 29.8. The summed E-state index contributed by atoms with van der Waals surface area (Å²) in [5, 5.41) is 3.51. The molecule has 1 N–H and O–H groups in total. The molecule has 4 rings (SSSR count). The first-order chi connectivity index (χ1) is 22.1. The molecule has 1 atom stereocenters. The van der Waals surface area contributed by atoms with Crippen molar-refractivity contribution in [2.75, 3.05) is 17.4 Å². The van der Waals surface area contributed by atoms with Crippen LogP contribution in [-0.2, 0) is 39.0 Å². The second-order valence-electron chi connectivity index (χ2n) is 11.3. The lowest BCUT2D eigenvalue weighted by Crippen LogP contribution is -2.53. The predicted molar refractivity (Wildman–Crippen MR) is 185 cm³/mol. The van der Waals surface area contributed by atoms with Crippen LogP contribution in [0.25, 0.3) is 0 Å². The number of carbonyl (C=O) groups excluding carboxylic acids is 2. The molecule has 4 aromatic carbocycles. The monoisotopic (exact) mass is 659 g/mol. The number of sulfonamides is 1. The molecule has 0 radical (unpaired) electrons. The van der Waals surface area contributed by atoms with Crippen LogP contribution in [0.2, 0.25) is 5.02 Å². The van der Waals surface area contributed by atoms with Crippen LogP contribution in [0.15, 0.2) is 108 Å². The van der Waals surface area contributed by atoms with E-state index in [0.717, 1.165) is 35.1 Å². The lowest BCUT2D eigenvalue weighted by atomic mass is 10.0. The Morgan fingerprint density at radius 3 is 2.20 bits per heavy atom. The Balaban J connectivity index is 1.82. The maximum absolute atomic E-state index is 14.6. The Hall–Kier alpha value is -4.14. The van der Waals surface area contributed by atoms with Crippen molar-refractivity contribution in [3.05, 3.63) is 130 Å². The van der Waals surface area contributed by atoms with Crippen molar-refractivity contribution < 1.29 is 18.0 Å². The van der Waals surface area contributed by atoms with E-state index in [0.29, 0.717) is 23.7 Å². The van der Waals surface area contributed by atoms with Gasteiger partial charge in [-0.15, -0.1) is 0 Å². The van der Waals surface area contributed by atoms with E-state index in [1.165, 1.54) is 9.21 Å². The van der Waals surface area contributed by atoms with Crippen molar-refractivity contribution in [2.24, 2.45) is 0 Å². The Morgan fingerprint density at radius 2 is 1.52 bits per heavy atom. The molecule has 0 heterocycles. The number of nitrogens with zero attached hydrogens (tertiary/aromatic N) is 2. The lowest BCUT2D eigenvalue weighted by molar-refractivity contribution is -0.140. The molecule has 0 unspecified atom stereocenters. The number of carbonyl (C=O) groups is 2. The van der Waals surface area contributed by atoms with E-state index in [-0.39, 0.29) is 23.8 Å². The first-order valence-corrected chi connectivity index (χ1v) is 17.5. The number of unbranched alkanes of at least 4 members (excludes halogenated alkanes) is 1. The van der Waals surface area contributed by atoms with Crippen LogP contribution in [0.3, 0.4) is 0 Å². The molecule has 0 aromatic heterocycles. The fourth-order valence-electron chi connectivity index (χ4n) is 5.30. The van der Waals surface area contributed by atoms with Gasteiger partial charge in [0.05, 0.1) is 10.6 Å². The number of amides is 2. The minimum absolute atomic E-state index is 0.0614. The Morgan fingerprint density at radius 1 is 0.848 bits per heavy atom. The van der Waals surface area contributed by atoms with E-state index in [1.807, 2.05) is 69.3 Å². The molecule has 0 aliphatic carbocycles. The van der Waals surface area contributed by atoms with Crippen molar-refractivity contribution in [3.8, 4) is 0 Å². The van der Waals surface area contributed by atoms with Crippen LogP contribution in [0, 0.1) is 6.92 Å². The number of anilines is 1. The topological polar surface area (TPSA) is 86.8 Å². The predicted octanol–water partition coefficient (Wildman–Crippen LogP) is 6.96. The fourth-order valence-corrected chi connectivity index (χ4v) is 6.96. The zero-order chi connectivity index (χ0) is 33.1. The van der Waals surface area contributed by atoms with E-state index in [2.05, 4.69) is 5.32 Å². The van der Waals surface area contributed by atoms with Crippen LogP contribution in [0.5, 0.6) is 0 Å². The van der Waals surface area contributed by atoms with Gasteiger partial charge in [-0.1, -0.05) is 110 Å². The molecule has 7 nitrogen and oxygen atoms in total. The van der Waals surface area contributed by atoms with Gasteiger partial charge in [0.15, 0.2) is 0 Å². The fraction of sp³-hybridized carbons (Fsp3) is 0.297. The van der Waals surface area contributed by atoms with E-state index in [1.54, 1.807) is 54.6 Å². The summed E-state index contributed by atoms with van der Waals surface area (Å²) in [6.45, 7) is 5.90. The van der Waals surface area contributed by atoms with Gasteiger partial charge < -0.3 is 10.2 Å². The van der Waals surface area contributed by atoms with Crippen molar-refractivity contribution in [1.82, 2.24) is 10.2 Å². The summed E-state index contributed by atoms with van der Waals surface area (Å²) in [7, 11) is -4.17. The molecule has 0 saturated carbocycles. The van der Waals surface area contributed by atoms with Gasteiger partial charge >= 0.3 is 0 Å². The molecular weight excluding hydrogens is 618 g/mol. The molecule has 0 spiro atoms. The summed E-state index contributed by atoms with van der Waals surface area (Å²) in [6.07, 6.45) is 2.51. The van der Waals surface area contributed by atoms with Gasteiger partial charge in [0, 0.05) is 24.5 Å². The third-order valence-electron chi connectivity index (χ3n) is 7.87. The van der Waals surface area contributed by atoms with Crippen LogP contribution in [0.4, 0.5) is 5.69 Å². The highest BCUT2D eigenvalue weighted by Gasteiger charge is 2.35. The van der Waals surface area contributed by atoms with E-state index in [4.69, 9.17) is 11.6 Å². The molecule has 9 heteroatoms. The average Bonchev–Trinajstić information content (AvgIpc) is 3.05. The van der Waals surface area contributed by atoms with E-state index >= 15 is 0 Å². The second-order valence-corrected chi connectivity index (χ2v) is 13.6. The van der Waals surface area contributed by atoms with E-state index in [9.17, 15) is 18.0 Å². The number of hydrogen-bond acceptors (Lipinski definition) is 4. The van der Waals surface area contributed by atoms with Crippen molar-refractivity contribution in [3.63, 3.8) is 0 Å². The van der Waals surface area contributed by atoms with Crippen LogP contribution in [0.1, 0.15) is 48.9 Å². The molecule has 0 aliphatic rings. The number of para-hydroxylation sites is 1. The van der Waals surface area contributed by atoms with Crippen molar-refractivity contribution in [2.45, 2.75) is 63.9 Å². The smallest absolute Gasteiger partial charge is 0.264 e. The third kappa shape index (κ3) is 8.98. The zero-order valence-electron chi connectivity index (χ0n) is 26.7. The Kier molecular flexibility index (Phi) is 12.4. The summed E-state index contributed by atoms with van der Waals surface area (Å²) in [6, 6.07) is 29.5. The first kappa shape index (κ1) is 34.7. The number of hydrogen-bond donors (Lipinski definition) is 1. The molecule has 46 heavy (non-hydrogen) atoms. The highest BCUT2D eigenvalue weighted by Crippen LogP contribution is 2.29. The second kappa shape index (κ2) is 16.4. The van der Waals surface area contributed by atoms with Gasteiger partial charge in [0.25, 0.3) is 10.0 Å². The standard InChI is InChI=1S/C37H42ClN3O4S/c1-4-6-23-39-37(43)35(25-29-13-8-7-9-14-29)40(26-30-15-12-17-32(38)24-30)36(42)27-41(34-18-11-10-16-31(34)5-2)46(44,45)33-21-19-28(3)20-22-33/h7-22,24,35H,4-6,23,25-27H2,1-3H3,(H,39,43)/t35-/m0/s1. The van der Waals surface area contributed by atoms with Crippen molar-refractivity contribution >= 4 is 39.1 Å². The van der Waals surface area contributed by atoms with Gasteiger partial charge in [-0.3, -0.25) is 13.9 Å². The average molecular weight is 660 g/mol. The number of nitrogens with one attached hydrogen (secondary N) is 1. The number of benzene rings is 4. The summed E-state index contributed by atoms with van der Waals surface area (Å²) in [5.41, 5.74) is 3.73. The van der Waals surface area contributed by atoms with Gasteiger partial charge in [-0.2, -0.15) is 0 Å². The Bertz CT molecular complexity index is 1710. The quantitative estimate of drug-likeness (QED) is 0.140. The molecule has 242 valence electrons. The maximum atomic E-state index is 14.6. The third-order valence-corrected chi connectivity index (χ3v) is 9.88. The van der Waals surface area contributed by atoms with Crippen molar-refractivity contribution in [1.29, 1.82) is 0 Å². The minimum atomic E-state index is -4.17. The molecule has 0 bridgehead atoms. The van der Waals surface area contributed by atoms with Crippen LogP contribution < -0.4 is 9.62 Å². The Labute approximate surface area is 278 Å². The van der Waals surface area contributed by atoms with Crippen LogP contribution >= 0.6 is 11.6 Å². The molecule has 0 fully saturated rings. The van der Waals surface area contributed by atoms with Gasteiger partial charge in [0.2, 0.25) is 11.8 Å². The number of rotatable bonds is 15. The molecular formula is C37H42ClN3O4S. The normalized spacial score (nSPS) is 11.9. The minimum Gasteiger partial charge on any atom is -0.354 e. The maximum Gasteiger partial charge on any atom is 0.264 e. The zero-order valence-corrected chi connectivity index (χ0v) is 28.2. The summed E-state index contributed by atoms with van der Waals surface area (Å²) in [4.78, 5) is 30.1. The van der Waals surface area contributed by atoms with E-state index < -0.39 is 28.5 Å². The summed E-state index contributed by atoms with van der Waals surface area (Å²) in [5.74, 6) is -0.803. The molecule has 4 aromatic rings. The largest absolute Gasteiger partial charge is 0.354 e. The lowest BCUT2D eigenvalue weighted by Gasteiger charge is -2.34. The highest BCUT2D eigenvalue weighted by atomic mass is 35.5. The first-order valence-electron chi connectivity index (χ1n) is 15.7. The molecule has 0 aliphatic heterocycles. The highest BCUT2D eigenvalue weighted by molar-refractivity contribution is 7.92. The van der Waals surface area contributed by atoms with Crippen LogP contribution in [-0.4, -0.2) is 44.3 Å². The van der Waals surface area contributed by atoms with Gasteiger partial charge in [0.1, 0.15) is 12.6 Å². The summed E-state index contributed by atoms with van der Waals surface area (Å²) >= 11 is 6.33. The number of aryl methyl sites for hydroxylation is 2.